The molecule has 1 aliphatic rings. The molecule has 0 saturated carbocycles. The fourth-order valence-corrected chi connectivity index (χ4v) is 4.80. The molecule has 8 heteroatoms. The fraction of sp³-hybridized carbons (Fsp3) is 0.261. The Kier molecular flexibility index (Phi) is 5.73. The number of piperazine rings is 1. The van der Waals surface area contributed by atoms with Crippen LogP contribution in [-0.4, -0.2) is 51.3 Å². The molecule has 0 spiro atoms. The van der Waals surface area contributed by atoms with E-state index in [-0.39, 0.29) is 11.9 Å². The van der Waals surface area contributed by atoms with Gasteiger partial charge in [0.2, 0.25) is 0 Å². The zero-order valence-electron chi connectivity index (χ0n) is 17.0. The highest BCUT2D eigenvalue weighted by molar-refractivity contribution is 7.09. The van der Waals surface area contributed by atoms with Crippen LogP contribution in [0.25, 0.3) is 0 Å². The second kappa shape index (κ2) is 8.95. The van der Waals surface area contributed by atoms with Crippen LogP contribution in [0.5, 0.6) is 0 Å². The van der Waals surface area contributed by atoms with Gasteiger partial charge in [-0.25, -0.2) is 9.07 Å². The normalized spacial score (nSPS) is 15.8. The summed E-state index contributed by atoms with van der Waals surface area (Å²) < 4.78 is 15.5. The van der Waals surface area contributed by atoms with Crippen LogP contribution in [0.1, 0.15) is 22.3 Å². The molecule has 2 aromatic carbocycles. The number of rotatable bonds is 6. The maximum Gasteiger partial charge on any atom is 0.173 e. The average molecular weight is 435 g/mol. The molecule has 1 saturated heterocycles. The van der Waals surface area contributed by atoms with E-state index in [0.717, 1.165) is 37.6 Å². The number of nitrogens with zero attached hydrogens (tertiary/aromatic N) is 6. The Bertz CT molecular complexity index is 1090. The zero-order valence-corrected chi connectivity index (χ0v) is 17.8. The van der Waals surface area contributed by atoms with Gasteiger partial charge in [0.1, 0.15) is 5.82 Å². The van der Waals surface area contributed by atoms with Crippen LogP contribution < -0.4 is 4.90 Å². The van der Waals surface area contributed by atoms with Gasteiger partial charge in [-0.1, -0.05) is 36.4 Å². The third-order valence-corrected chi connectivity index (χ3v) is 6.54. The predicted molar refractivity (Wildman–Crippen MR) is 120 cm³/mol. The Morgan fingerprint density at radius 3 is 2.39 bits per heavy atom. The number of halogens is 1. The molecule has 158 valence electrons. The number of benzene rings is 2. The molecule has 0 N–H and O–H groups in total. The van der Waals surface area contributed by atoms with Gasteiger partial charge in [0, 0.05) is 36.7 Å². The molecule has 3 heterocycles. The van der Waals surface area contributed by atoms with Crippen LogP contribution in [0.4, 0.5) is 10.1 Å². The number of aromatic nitrogens is 4. The van der Waals surface area contributed by atoms with Crippen molar-refractivity contribution in [3.05, 3.63) is 94.2 Å². The summed E-state index contributed by atoms with van der Waals surface area (Å²) in [5, 5.41) is 14.7. The van der Waals surface area contributed by atoms with E-state index < -0.39 is 0 Å². The molecule has 6 nitrogen and oxygen atoms in total. The van der Waals surface area contributed by atoms with Crippen molar-refractivity contribution in [3.8, 4) is 0 Å². The summed E-state index contributed by atoms with van der Waals surface area (Å²) in [4.78, 5) is 5.98. The number of thiophene rings is 1. The van der Waals surface area contributed by atoms with Gasteiger partial charge in [0.25, 0.3) is 0 Å². The van der Waals surface area contributed by atoms with Crippen molar-refractivity contribution in [2.45, 2.75) is 12.6 Å². The lowest BCUT2D eigenvalue weighted by Gasteiger charge is -2.39. The summed E-state index contributed by atoms with van der Waals surface area (Å²) in [5.74, 6) is 0.544. The van der Waals surface area contributed by atoms with E-state index in [2.05, 4.69) is 61.0 Å². The molecule has 5 rings (SSSR count). The minimum Gasteiger partial charge on any atom is -0.369 e. The van der Waals surface area contributed by atoms with E-state index in [0.29, 0.717) is 6.54 Å². The van der Waals surface area contributed by atoms with Gasteiger partial charge in [0.15, 0.2) is 5.82 Å². The highest BCUT2D eigenvalue weighted by Crippen LogP contribution is 2.29. The summed E-state index contributed by atoms with van der Waals surface area (Å²) >= 11 is 1.69. The number of hydrogen-bond donors (Lipinski definition) is 0. The predicted octanol–water partition coefficient (Wildman–Crippen LogP) is 3.83. The molecule has 4 aromatic rings. The Morgan fingerprint density at radius 2 is 1.68 bits per heavy atom. The Balaban J connectivity index is 1.43. The van der Waals surface area contributed by atoms with Crippen molar-refractivity contribution < 1.29 is 4.39 Å². The fourth-order valence-electron chi connectivity index (χ4n) is 4.12. The molecular weight excluding hydrogens is 411 g/mol. The van der Waals surface area contributed by atoms with Crippen LogP contribution in [0.3, 0.4) is 0 Å². The summed E-state index contributed by atoms with van der Waals surface area (Å²) in [6, 6.07) is 21.2. The van der Waals surface area contributed by atoms with Gasteiger partial charge in [0.05, 0.1) is 12.6 Å². The zero-order chi connectivity index (χ0) is 21.0. The van der Waals surface area contributed by atoms with Crippen LogP contribution >= 0.6 is 11.3 Å². The molecule has 0 radical (unpaired) electrons. The van der Waals surface area contributed by atoms with Crippen molar-refractivity contribution in [1.82, 2.24) is 25.1 Å². The van der Waals surface area contributed by atoms with Gasteiger partial charge < -0.3 is 4.90 Å². The second-order valence-electron chi connectivity index (χ2n) is 7.59. The van der Waals surface area contributed by atoms with Crippen molar-refractivity contribution in [2.75, 3.05) is 31.1 Å². The molecular formula is C23H23FN6S. The smallest absolute Gasteiger partial charge is 0.173 e. The van der Waals surface area contributed by atoms with Gasteiger partial charge in [-0.15, -0.1) is 16.4 Å². The Labute approximate surface area is 184 Å². The van der Waals surface area contributed by atoms with Crippen molar-refractivity contribution >= 4 is 17.0 Å². The van der Waals surface area contributed by atoms with Gasteiger partial charge in [-0.3, -0.25) is 4.90 Å². The Hall–Kier alpha value is -3.10. The third kappa shape index (κ3) is 4.35. The average Bonchev–Trinajstić information content (AvgIpc) is 3.49. The minimum absolute atomic E-state index is 0.131. The third-order valence-electron chi connectivity index (χ3n) is 5.68. The summed E-state index contributed by atoms with van der Waals surface area (Å²) in [7, 11) is 0. The molecule has 31 heavy (non-hydrogen) atoms. The molecule has 1 fully saturated rings. The molecule has 0 amide bonds. The number of para-hydroxylation sites is 1. The van der Waals surface area contributed by atoms with E-state index >= 15 is 0 Å². The first-order valence-electron chi connectivity index (χ1n) is 10.4. The van der Waals surface area contributed by atoms with Gasteiger partial charge >= 0.3 is 0 Å². The molecule has 2 aromatic heterocycles. The van der Waals surface area contributed by atoms with Crippen molar-refractivity contribution in [2.24, 2.45) is 0 Å². The molecule has 1 aliphatic heterocycles. The maximum atomic E-state index is 13.6. The summed E-state index contributed by atoms with van der Waals surface area (Å²) in [6.45, 7) is 4.18. The van der Waals surface area contributed by atoms with Gasteiger partial charge in [-0.05, 0) is 51.7 Å². The lowest BCUT2D eigenvalue weighted by Crippen LogP contribution is -2.48. The first-order valence-corrected chi connectivity index (χ1v) is 11.2. The van der Waals surface area contributed by atoms with Crippen molar-refractivity contribution in [1.29, 1.82) is 0 Å². The Morgan fingerprint density at radius 1 is 0.903 bits per heavy atom. The van der Waals surface area contributed by atoms with E-state index in [1.807, 2.05) is 28.9 Å². The first-order chi connectivity index (χ1) is 15.3. The van der Waals surface area contributed by atoms with Crippen LogP contribution in [-0.2, 0) is 6.54 Å². The first kappa shape index (κ1) is 19.8. The van der Waals surface area contributed by atoms with Crippen LogP contribution in [0.2, 0.25) is 0 Å². The number of anilines is 1. The topological polar surface area (TPSA) is 50.1 Å². The van der Waals surface area contributed by atoms with E-state index in [9.17, 15) is 4.39 Å². The number of hydrogen-bond acceptors (Lipinski definition) is 6. The highest BCUT2D eigenvalue weighted by Gasteiger charge is 2.30. The van der Waals surface area contributed by atoms with E-state index in [1.165, 1.54) is 22.7 Å². The van der Waals surface area contributed by atoms with E-state index in [4.69, 9.17) is 0 Å². The molecule has 0 aliphatic carbocycles. The highest BCUT2D eigenvalue weighted by atomic mass is 32.1. The largest absolute Gasteiger partial charge is 0.369 e. The summed E-state index contributed by atoms with van der Waals surface area (Å²) in [6.07, 6.45) is 0. The number of tetrazole rings is 1. The SMILES string of the molecule is Fc1ccc([C@H](c2nnnn2Cc2cccs2)N2CCN(c3ccccc3)CC2)cc1. The molecule has 0 unspecified atom stereocenters. The second-order valence-corrected chi connectivity index (χ2v) is 8.62. The quantitative estimate of drug-likeness (QED) is 0.462. The molecule has 1 atom stereocenters. The van der Waals surface area contributed by atoms with E-state index in [1.54, 1.807) is 11.3 Å². The standard InChI is InChI=1S/C23H23FN6S/c24-19-10-8-18(9-11-19)22(23-25-26-27-30(23)17-21-7-4-16-31-21)29-14-12-28(13-15-29)20-5-2-1-3-6-20/h1-11,16,22H,12-15,17H2/t22-/m1/s1. The maximum absolute atomic E-state index is 13.6. The van der Waals surface area contributed by atoms with Crippen LogP contribution in [0.15, 0.2) is 72.1 Å². The lowest BCUT2D eigenvalue weighted by molar-refractivity contribution is 0.201. The summed E-state index contributed by atoms with van der Waals surface area (Å²) in [5.41, 5.74) is 2.24. The van der Waals surface area contributed by atoms with Gasteiger partial charge in [-0.2, -0.15) is 0 Å². The van der Waals surface area contributed by atoms with Crippen LogP contribution in [0, 0.1) is 5.82 Å². The lowest BCUT2D eigenvalue weighted by atomic mass is 10.0. The monoisotopic (exact) mass is 434 g/mol. The minimum atomic E-state index is -0.241. The molecule has 0 bridgehead atoms. The van der Waals surface area contributed by atoms with Crippen molar-refractivity contribution in [3.63, 3.8) is 0 Å².